The Kier molecular flexibility index (Phi) is 5.39. The molecule has 1 atom stereocenters. The number of hydrogen-bond donors (Lipinski definition) is 2. The lowest BCUT2D eigenvalue weighted by atomic mass is 10.0. The highest BCUT2D eigenvalue weighted by Gasteiger charge is 2.32. The summed E-state index contributed by atoms with van der Waals surface area (Å²) < 4.78 is 21.8. The van der Waals surface area contributed by atoms with E-state index in [1.807, 2.05) is 0 Å². The molecule has 0 spiro atoms. The van der Waals surface area contributed by atoms with Crippen molar-refractivity contribution in [3.8, 4) is 11.5 Å². The number of hydrogen-bond acceptors (Lipinski definition) is 8. The summed E-state index contributed by atoms with van der Waals surface area (Å²) in [4.78, 5) is 23.9. The Morgan fingerprint density at radius 1 is 1.24 bits per heavy atom. The van der Waals surface area contributed by atoms with Crippen LogP contribution in [0.5, 0.6) is 11.5 Å². The topological polar surface area (TPSA) is 119 Å². The SMILES string of the molecule is C/C=C(/C)C(=O)OC(COc1c2occc2c(O)c2ccc(=O)oc12)C(C)(C)O. The molecule has 0 aliphatic carbocycles. The van der Waals surface area contributed by atoms with Gasteiger partial charge in [-0.1, -0.05) is 6.08 Å². The van der Waals surface area contributed by atoms with E-state index in [9.17, 15) is 19.8 Å². The van der Waals surface area contributed by atoms with E-state index in [2.05, 4.69) is 0 Å². The molecule has 154 valence electrons. The van der Waals surface area contributed by atoms with Gasteiger partial charge in [-0.15, -0.1) is 0 Å². The monoisotopic (exact) mass is 402 g/mol. The van der Waals surface area contributed by atoms with Crippen LogP contribution in [-0.2, 0) is 9.53 Å². The minimum atomic E-state index is -1.42. The summed E-state index contributed by atoms with van der Waals surface area (Å²) in [7, 11) is 0. The molecular formula is C21H22O8. The average Bonchev–Trinajstić information content (AvgIpc) is 3.15. The van der Waals surface area contributed by atoms with Gasteiger partial charge in [-0.2, -0.15) is 0 Å². The quantitative estimate of drug-likeness (QED) is 0.366. The van der Waals surface area contributed by atoms with Gasteiger partial charge in [-0.3, -0.25) is 0 Å². The van der Waals surface area contributed by atoms with Crippen molar-refractivity contribution in [2.75, 3.05) is 6.61 Å². The molecule has 2 heterocycles. The molecule has 1 aromatic carbocycles. The van der Waals surface area contributed by atoms with Crippen LogP contribution < -0.4 is 10.4 Å². The van der Waals surface area contributed by atoms with Crippen molar-refractivity contribution < 1.29 is 33.3 Å². The van der Waals surface area contributed by atoms with Gasteiger partial charge in [0.15, 0.2) is 17.3 Å². The van der Waals surface area contributed by atoms with Gasteiger partial charge in [0.25, 0.3) is 0 Å². The Hall–Kier alpha value is -3.26. The molecule has 8 heteroatoms. The zero-order chi connectivity index (χ0) is 21.3. The van der Waals surface area contributed by atoms with Crippen LogP contribution in [0.1, 0.15) is 27.7 Å². The van der Waals surface area contributed by atoms with Gasteiger partial charge in [-0.25, -0.2) is 9.59 Å². The fourth-order valence-electron chi connectivity index (χ4n) is 2.70. The Labute approximate surface area is 165 Å². The van der Waals surface area contributed by atoms with Crippen molar-refractivity contribution in [1.82, 2.24) is 0 Å². The number of esters is 1. The summed E-state index contributed by atoms with van der Waals surface area (Å²) in [5.74, 6) is -0.647. The predicted molar refractivity (Wildman–Crippen MR) is 105 cm³/mol. The van der Waals surface area contributed by atoms with Gasteiger partial charge in [-0.05, 0) is 39.8 Å². The number of aliphatic hydroxyl groups is 1. The van der Waals surface area contributed by atoms with Crippen molar-refractivity contribution >= 4 is 27.9 Å². The van der Waals surface area contributed by atoms with Crippen LogP contribution in [0.4, 0.5) is 0 Å². The molecule has 0 radical (unpaired) electrons. The van der Waals surface area contributed by atoms with Crippen LogP contribution in [0, 0.1) is 0 Å². The molecule has 0 saturated carbocycles. The number of rotatable bonds is 6. The first kappa shape index (κ1) is 20.5. The number of carbonyl (C=O) groups excluding carboxylic acids is 1. The summed E-state index contributed by atoms with van der Waals surface area (Å²) in [6.07, 6.45) is 1.92. The summed E-state index contributed by atoms with van der Waals surface area (Å²) in [5, 5.41) is 21.5. The average molecular weight is 402 g/mol. The minimum Gasteiger partial charge on any atom is -0.506 e. The molecule has 0 amide bonds. The summed E-state index contributed by atoms with van der Waals surface area (Å²) in [5.41, 5.74) is -1.52. The van der Waals surface area contributed by atoms with Crippen LogP contribution in [0.25, 0.3) is 21.9 Å². The molecule has 0 bridgehead atoms. The van der Waals surface area contributed by atoms with Gasteiger partial charge in [0.1, 0.15) is 12.4 Å². The van der Waals surface area contributed by atoms with E-state index in [0.29, 0.717) is 11.0 Å². The number of fused-ring (bicyclic) bond motifs is 2. The fraction of sp³-hybridized carbons (Fsp3) is 0.333. The van der Waals surface area contributed by atoms with E-state index < -0.39 is 23.3 Å². The molecular weight excluding hydrogens is 380 g/mol. The maximum Gasteiger partial charge on any atom is 0.336 e. The van der Waals surface area contributed by atoms with Gasteiger partial charge in [0, 0.05) is 11.6 Å². The van der Waals surface area contributed by atoms with Gasteiger partial charge in [0.05, 0.1) is 22.6 Å². The highest BCUT2D eigenvalue weighted by Crippen LogP contribution is 2.42. The lowest BCUT2D eigenvalue weighted by Crippen LogP contribution is -2.44. The van der Waals surface area contributed by atoms with Gasteiger partial charge in [0.2, 0.25) is 5.75 Å². The summed E-state index contributed by atoms with van der Waals surface area (Å²) in [6, 6.07) is 4.14. The first-order valence-corrected chi connectivity index (χ1v) is 8.98. The third-order valence-electron chi connectivity index (χ3n) is 4.59. The Bertz CT molecular complexity index is 1140. The first-order valence-electron chi connectivity index (χ1n) is 8.98. The maximum absolute atomic E-state index is 12.1. The number of furan rings is 1. The normalized spacial score (nSPS) is 13.6. The number of benzene rings is 1. The minimum absolute atomic E-state index is 0.0112. The fourth-order valence-corrected chi connectivity index (χ4v) is 2.70. The van der Waals surface area contributed by atoms with Crippen LogP contribution in [0.2, 0.25) is 0 Å². The molecule has 1 unspecified atom stereocenters. The molecule has 0 aliphatic rings. The van der Waals surface area contributed by atoms with Crippen molar-refractivity contribution in [3.63, 3.8) is 0 Å². The molecule has 2 N–H and O–H groups in total. The molecule has 0 fully saturated rings. The Morgan fingerprint density at radius 2 is 1.93 bits per heavy atom. The second-order valence-corrected chi connectivity index (χ2v) is 7.17. The molecule has 2 aromatic heterocycles. The largest absolute Gasteiger partial charge is 0.506 e. The van der Waals surface area contributed by atoms with Crippen LogP contribution in [-0.4, -0.2) is 34.5 Å². The third-order valence-corrected chi connectivity index (χ3v) is 4.59. The maximum atomic E-state index is 12.1. The highest BCUT2D eigenvalue weighted by atomic mass is 16.6. The standard InChI is InChI=1S/C21H22O8/c1-5-11(2)20(24)28-14(21(3,4)25)10-27-19-17-13(8-9-26-17)16(23)12-6-7-15(22)29-18(12)19/h5-9,14,23,25H,10H2,1-4H3/b11-5-. The molecule has 3 rings (SSSR count). The number of aromatic hydroxyl groups is 1. The van der Waals surface area contributed by atoms with Gasteiger partial charge >= 0.3 is 11.6 Å². The van der Waals surface area contributed by atoms with Crippen molar-refractivity contribution in [2.45, 2.75) is 39.4 Å². The second-order valence-electron chi connectivity index (χ2n) is 7.17. The number of allylic oxidation sites excluding steroid dienone is 1. The van der Waals surface area contributed by atoms with E-state index in [1.165, 1.54) is 32.2 Å². The van der Waals surface area contributed by atoms with Crippen LogP contribution in [0.3, 0.4) is 0 Å². The third kappa shape index (κ3) is 3.97. The van der Waals surface area contributed by atoms with Crippen molar-refractivity contribution in [2.24, 2.45) is 0 Å². The number of phenolic OH excluding ortho intramolecular Hbond substituents is 1. The molecule has 29 heavy (non-hydrogen) atoms. The van der Waals surface area contributed by atoms with E-state index in [4.69, 9.17) is 18.3 Å². The Balaban J connectivity index is 2.02. The molecule has 8 nitrogen and oxygen atoms in total. The summed E-state index contributed by atoms with van der Waals surface area (Å²) in [6.45, 7) is 6.01. The van der Waals surface area contributed by atoms with Gasteiger partial charge < -0.3 is 28.5 Å². The molecule has 3 aromatic rings. The van der Waals surface area contributed by atoms with Crippen molar-refractivity contribution in [3.05, 3.63) is 46.5 Å². The highest BCUT2D eigenvalue weighted by molar-refractivity contribution is 6.06. The zero-order valence-corrected chi connectivity index (χ0v) is 16.5. The van der Waals surface area contributed by atoms with Crippen LogP contribution >= 0.6 is 0 Å². The van der Waals surface area contributed by atoms with E-state index in [-0.39, 0.29) is 34.7 Å². The smallest absolute Gasteiger partial charge is 0.336 e. The second kappa shape index (κ2) is 7.63. The summed E-state index contributed by atoms with van der Waals surface area (Å²) >= 11 is 0. The lowest BCUT2D eigenvalue weighted by Gasteiger charge is -2.29. The van der Waals surface area contributed by atoms with Crippen LogP contribution in [0.15, 0.2) is 49.7 Å². The first-order chi connectivity index (χ1) is 13.6. The molecule has 0 saturated heterocycles. The van der Waals surface area contributed by atoms with E-state index in [1.54, 1.807) is 26.0 Å². The number of phenols is 1. The Morgan fingerprint density at radius 3 is 2.59 bits per heavy atom. The van der Waals surface area contributed by atoms with E-state index in [0.717, 1.165) is 0 Å². The number of ether oxygens (including phenoxy) is 2. The zero-order valence-electron chi connectivity index (χ0n) is 16.5. The number of carbonyl (C=O) groups is 1. The van der Waals surface area contributed by atoms with E-state index >= 15 is 0 Å². The van der Waals surface area contributed by atoms with Crippen molar-refractivity contribution in [1.29, 1.82) is 0 Å². The lowest BCUT2D eigenvalue weighted by molar-refractivity contribution is -0.160. The predicted octanol–water partition coefficient (Wildman–Crippen LogP) is 3.27. The molecule has 0 aliphatic heterocycles.